The number of benzene rings is 1. The van der Waals surface area contributed by atoms with Gasteiger partial charge in [-0.2, -0.15) is 0 Å². The maximum atomic E-state index is 11.1. The van der Waals surface area contributed by atoms with Crippen molar-refractivity contribution in [1.29, 1.82) is 0 Å². The number of nitro groups is 1. The van der Waals surface area contributed by atoms with E-state index < -0.39 is 16.6 Å². The van der Waals surface area contributed by atoms with Gasteiger partial charge in [-0.15, -0.1) is 0 Å². The van der Waals surface area contributed by atoms with Gasteiger partial charge in [-0.3, -0.25) is 15.1 Å². The Labute approximate surface area is 114 Å². The number of pyridine rings is 1. The number of para-hydroxylation sites is 1. The average molecular weight is 273 g/mol. The largest absolute Gasteiger partial charge is 0.477 e. The van der Waals surface area contributed by atoms with Crippen molar-refractivity contribution >= 4 is 23.0 Å². The number of rotatable bonds is 4. The first-order valence-corrected chi connectivity index (χ1v) is 5.69. The van der Waals surface area contributed by atoms with E-state index in [2.05, 4.69) is 10.3 Å². The van der Waals surface area contributed by atoms with Gasteiger partial charge in [0.2, 0.25) is 0 Å². The van der Waals surface area contributed by atoms with Gasteiger partial charge in [0.15, 0.2) is 0 Å². The molecule has 2 rings (SSSR count). The Morgan fingerprint density at radius 2 is 2.10 bits per heavy atom. The molecule has 2 N–H and O–H groups in total. The van der Waals surface area contributed by atoms with Crippen LogP contribution in [0.25, 0.3) is 0 Å². The Morgan fingerprint density at radius 3 is 2.70 bits per heavy atom. The van der Waals surface area contributed by atoms with Crippen LogP contribution in [-0.2, 0) is 0 Å². The van der Waals surface area contributed by atoms with E-state index in [4.69, 9.17) is 5.11 Å². The third-order valence-corrected chi connectivity index (χ3v) is 2.76. The Kier molecular flexibility index (Phi) is 3.60. The van der Waals surface area contributed by atoms with Crippen molar-refractivity contribution in [2.24, 2.45) is 0 Å². The number of carboxylic acid groups (broad SMARTS) is 1. The van der Waals surface area contributed by atoms with E-state index in [0.717, 1.165) is 5.56 Å². The standard InChI is InChI=1S/C13H11N3O4/c1-8-5-6-14-7-11(8)15-10-4-2-3-9(13(17)18)12(10)16(19)20/h2-7,15H,1H3,(H,17,18). The summed E-state index contributed by atoms with van der Waals surface area (Å²) in [5, 5.41) is 23.0. The van der Waals surface area contributed by atoms with Crippen molar-refractivity contribution in [2.45, 2.75) is 6.92 Å². The number of carboxylic acids is 1. The molecule has 1 aromatic carbocycles. The SMILES string of the molecule is Cc1ccncc1Nc1cccc(C(=O)O)c1[N+](=O)[O-]. The molecular formula is C13H11N3O4. The summed E-state index contributed by atoms with van der Waals surface area (Å²) in [6.07, 6.45) is 3.12. The molecular weight excluding hydrogens is 262 g/mol. The summed E-state index contributed by atoms with van der Waals surface area (Å²) in [5.41, 5.74) is 0.712. The minimum absolute atomic E-state index is 0.117. The second-order valence-corrected chi connectivity index (χ2v) is 4.08. The van der Waals surface area contributed by atoms with Crippen LogP contribution in [0.15, 0.2) is 36.7 Å². The lowest BCUT2D eigenvalue weighted by Gasteiger charge is -2.10. The molecule has 0 amide bonds. The highest BCUT2D eigenvalue weighted by Gasteiger charge is 2.24. The fourth-order valence-electron chi connectivity index (χ4n) is 1.75. The van der Waals surface area contributed by atoms with Crippen molar-refractivity contribution in [2.75, 3.05) is 5.32 Å². The molecule has 20 heavy (non-hydrogen) atoms. The minimum Gasteiger partial charge on any atom is -0.477 e. The Hall–Kier alpha value is -2.96. The molecule has 0 spiro atoms. The highest BCUT2D eigenvalue weighted by atomic mass is 16.6. The van der Waals surface area contributed by atoms with Crippen LogP contribution >= 0.6 is 0 Å². The summed E-state index contributed by atoms with van der Waals surface area (Å²) in [5.74, 6) is -1.34. The quantitative estimate of drug-likeness (QED) is 0.655. The first-order valence-electron chi connectivity index (χ1n) is 5.69. The Balaban J connectivity index is 2.52. The maximum absolute atomic E-state index is 11.1. The number of nitro benzene ring substituents is 1. The predicted molar refractivity (Wildman–Crippen MR) is 72.3 cm³/mol. The van der Waals surface area contributed by atoms with Gasteiger partial charge in [0.05, 0.1) is 16.8 Å². The molecule has 2 aromatic rings. The smallest absolute Gasteiger partial charge is 0.342 e. The molecule has 1 aromatic heterocycles. The first-order chi connectivity index (χ1) is 9.50. The van der Waals surface area contributed by atoms with E-state index in [9.17, 15) is 14.9 Å². The predicted octanol–water partition coefficient (Wildman–Crippen LogP) is 2.74. The number of carbonyl (C=O) groups is 1. The number of hydrogen-bond donors (Lipinski definition) is 2. The van der Waals surface area contributed by atoms with Gasteiger partial charge in [-0.1, -0.05) is 6.07 Å². The van der Waals surface area contributed by atoms with Crippen LogP contribution < -0.4 is 5.32 Å². The summed E-state index contributed by atoms with van der Waals surface area (Å²) < 4.78 is 0. The van der Waals surface area contributed by atoms with Crippen LogP contribution in [0, 0.1) is 17.0 Å². The van der Waals surface area contributed by atoms with Gasteiger partial charge in [0.1, 0.15) is 11.3 Å². The molecule has 0 atom stereocenters. The van der Waals surface area contributed by atoms with Gasteiger partial charge in [0, 0.05) is 6.20 Å². The highest BCUT2D eigenvalue weighted by molar-refractivity contribution is 5.96. The topological polar surface area (TPSA) is 105 Å². The van der Waals surface area contributed by atoms with Crippen molar-refractivity contribution in [1.82, 2.24) is 4.98 Å². The second-order valence-electron chi connectivity index (χ2n) is 4.08. The zero-order valence-electron chi connectivity index (χ0n) is 10.5. The van der Waals surface area contributed by atoms with Crippen molar-refractivity contribution in [3.63, 3.8) is 0 Å². The maximum Gasteiger partial charge on any atom is 0.342 e. The summed E-state index contributed by atoms with van der Waals surface area (Å²) in [7, 11) is 0. The van der Waals surface area contributed by atoms with E-state index in [1.165, 1.54) is 24.4 Å². The molecule has 0 saturated carbocycles. The van der Waals surface area contributed by atoms with Crippen molar-refractivity contribution in [3.05, 3.63) is 57.9 Å². The number of hydrogen-bond acceptors (Lipinski definition) is 5. The molecule has 1 heterocycles. The lowest BCUT2D eigenvalue weighted by Crippen LogP contribution is -2.06. The molecule has 7 heteroatoms. The molecule has 102 valence electrons. The first kappa shape index (κ1) is 13.5. The van der Waals surface area contributed by atoms with Crippen LogP contribution in [0.3, 0.4) is 0 Å². The fraction of sp³-hybridized carbons (Fsp3) is 0.0769. The number of nitrogens with zero attached hydrogens (tertiary/aromatic N) is 2. The van der Waals surface area contributed by atoms with E-state index in [0.29, 0.717) is 5.69 Å². The number of anilines is 2. The number of nitrogens with one attached hydrogen (secondary N) is 1. The number of aryl methyl sites for hydroxylation is 1. The Morgan fingerprint density at radius 1 is 1.35 bits per heavy atom. The van der Waals surface area contributed by atoms with Crippen LogP contribution in [-0.4, -0.2) is 21.0 Å². The third-order valence-electron chi connectivity index (χ3n) is 2.76. The summed E-state index contributed by atoms with van der Waals surface area (Å²) in [6.45, 7) is 1.82. The fourth-order valence-corrected chi connectivity index (χ4v) is 1.75. The lowest BCUT2D eigenvalue weighted by molar-refractivity contribution is -0.384. The molecule has 0 aliphatic heterocycles. The minimum atomic E-state index is -1.34. The van der Waals surface area contributed by atoms with E-state index in [-0.39, 0.29) is 11.3 Å². The van der Waals surface area contributed by atoms with E-state index >= 15 is 0 Å². The summed E-state index contributed by atoms with van der Waals surface area (Å²) >= 11 is 0. The normalized spacial score (nSPS) is 10.1. The summed E-state index contributed by atoms with van der Waals surface area (Å²) in [4.78, 5) is 25.4. The molecule has 0 bridgehead atoms. The third kappa shape index (κ3) is 2.56. The number of aromatic carboxylic acids is 1. The molecule has 0 fully saturated rings. The van der Waals surface area contributed by atoms with E-state index in [1.54, 1.807) is 12.3 Å². The van der Waals surface area contributed by atoms with Crippen molar-refractivity contribution in [3.8, 4) is 0 Å². The zero-order valence-corrected chi connectivity index (χ0v) is 10.5. The molecule has 0 aliphatic rings. The Bertz CT molecular complexity index is 685. The summed E-state index contributed by atoms with van der Waals surface area (Å²) in [6, 6.07) is 5.85. The lowest BCUT2D eigenvalue weighted by atomic mass is 10.1. The molecule has 0 saturated heterocycles. The van der Waals surface area contributed by atoms with Gasteiger partial charge >= 0.3 is 11.7 Å². The second kappa shape index (κ2) is 5.35. The van der Waals surface area contributed by atoms with Crippen LogP contribution in [0.2, 0.25) is 0 Å². The van der Waals surface area contributed by atoms with E-state index in [1.807, 2.05) is 6.92 Å². The van der Waals surface area contributed by atoms with Crippen LogP contribution in [0.1, 0.15) is 15.9 Å². The molecule has 0 radical (unpaired) electrons. The van der Waals surface area contributed by atoms with Gasteiger partial charge < -0.3 is 10.4 Å². The monoisotopic (exact) mass is 273 g/mol. The molecule has 0 aliphatic carbocycles. The van der Waals surface area contributed by atoms with Gasteiger partial charge in [-0.25, -0.2) is 4.79 Å². The van der Waals surface area contributed by atoms with Crippen molar-refractivity contribution < 1.29 is 14.8 Å². The van der Waals surface area contributed by atoms with Crippen LogP contribution in [0.4, 0.5) is 17.1 Å². The van der Waals surface area contributed by atoms with Gasteiger partial charge in [0.25, 0.3) is 0 Å². The highest BCUT2D eigenvalue weighted by Crippen LogP contribution is 2.31. The average Bonchev–Trinajstić information content (AvgIpc) is 2.40. The van der Waals surface area contributed by atoms with Gasteiger partial charge in [-0.05, 0) is 30.7 Å². The zero-order chi connectivity index (χ0) is 14.7. The van der Waals surface area contributed by atoms with Crippen LogP contribution in [0.5, 0.6) is 0 Å². The molecule has 0 unspecified atom stereocenters. The molecule has 7 nitrogen and oxygen atoms in total. The number of aromatic nitrogens is 1.